The summed E-state index contributed by atoms with van der Waals surface area (Å²) in [7, 11) is 0. The first-order valence-electron chi connectivity index (χ1n) is 9.63. The number of hydrogen-bond donors (Lipinski definition) is 1. The van der Waals surface area contributed by atoms with Crippen LogP contribution in [0.1, 0.15) is 34.5 Å². The van der Waals surface area contributed by atoms with Crippen molar-refractivity contribution in [2.45, 2.75) is 12.8 Å². The summed E-state index contributed by atoms with van der Waals surface area (Å²) in [5, 5.41) is 9.53. The van der Waals surface area contributed by atoms with E-state index in [9.17, 15) is 14.4 Å². The average molecular weight is 530 g/mol. The number of carboxylic acids is 1. The van der Waals surface area contributed by atoms with Crippen LogP contribution in [-0.4, -0.2) is 38.5 Å². The number of hydrogen-bond acceptors (Lipinski definition) is 6. The van der Waals surface area contributed by atoms with Gasteiger partial charge in [0.1, 0.15) is 9.90 Å². The van der Waals surface area contributed by atoms with Crippen molar-refractivity contribution < 1.29 is 23.9 Å². The highest BCUT2D eigenvalue weighted by Gasteiger charge is 2.31. The fourth-order valence-electron chi connectivity index (χ4n) is 3.24. The molecule has 162 valence electrons. The van der Waals surface area contributed by atoms with Gasteiger partial charge in [0, 0.05) is 28.4 Å². The van der Waals surface area contributed by atoms with Crippen molar-refractivity contribution in [3.05, 3.63) is 74.8 Å². The standard InChI is InChI=1S/C23H16BrNO5S2/c24-16-6-4-14(5-7-16)21(28)18-12-15-10-13(3-8-17(15)30-18)11-19-22(29)25(23(31)32-19)9-1-2-20(26)27/h3-8,10-12H,1-2,9H2,(H,26,27). The Morgan fingerprint density at radius 3 is 2.62 bits per heavy atom. The highest BCUT2D eigenvalue weighted by molar-refractivity contribution is 9.10. The molecule has 1 saturated heterocycles. The SMILES string of the molecule is O=C(O)CCCN1C(=O)C(=Cc2ccc3oc(C(=O)c4ccc(Br)cc4)cc3c2)SC1=S. The summed E-state index contributed by atoms with van der Waals surface area (Å²) >= 11 is 9.82. The Kier molecular flexibility index (Phi) is 6.59. The first-order valence-corrected chi connectivity index (χ1v) is 11.6. The van der Waals surface area contributed by atoms with Gasteiger partial charge in [-0.1, -0.05) is 46.0 Å². The minimum Gasteiger partial charge on any atom is -0.481 e. The number of fused-ring (bicyclic) bond motifs is 1. The van der Waals surface area contributed by atoms with Crippen molar-refractivity contribution in [2.75, 3.05) is 6.54 Å². The van der Waals surface area contributed by atoms with Crippen LogP contribution in [-0.2, 0) is 9.59 Å². The lowest BCUT2D eigenvalue weighted by molar-refractivity contribution is -0.137. The summed E-state index contributed by atoms with van der Waals surface area (Å²) in [5.74, 6) is -1.11. The molecule has 0 spiro atoms. The largest absolute Gasteiger partial charge is 0.481 e. The highest BCUT2D eigenvalue weighted by atomic mass is 79.9. The van der Waals surface area contributed by atoms with Crippen molar-refractivity contribution in [3.8, 4) is 0 Å². The Labute approximate surface area is 201 Å². The zero-order valence-corrected chi connectivity index (χ0v) is 19.8. The van der Waals surface area contributed by atoms with Gasteiger partial charge in [-0.25, -0.2) is 0 Å². The maximum absolute atomic E-state index is 12.7. The van der Waals surface area contributed by atoms with Gasteiger partial charge in [0.15, 0.2) is 5.76 Å². The lowest BCUT2D eigenvalue weighted by Gasteiger charge is -2.13. The molecule has 1 aliphatic heterocycles. The number of ketones is 1. The van der Waals surface area contributed by atoms with Gasteiger partial charge >= 0.3 is 5.97 Å². The summed E-state index contributed by atoms with van der Waals surface area (Å²) in [6, 6.07) is 14.1. The van der Waals surface area contributed by atoms with E-state index in [1.54, 1.807) is 48.5 Å². The smallest absolute Gasteiger partial charge is 0.303 e. The maximum atomic E-state index is 12.7. The van der Waals surface area contributed by atoms with E-state index in [0.29, 0.717) is 26.8 Å². The zero-order valence-electron chi connectivity index (χ0n) is 16.5. The normalized spacial score (nSPS) is 15.2. The molecular weight excluding hydrogens is 514 g/mol. The Bertz CT molecular complexity index is 1280. The summed E-state index contributed by atoms with van der Waals surface area (Å²) in [5.41, 5.74) is 1.87. The summed E-state index contributed by atoms with van der Waals surface area (Å²) in [6.45, 7) is 0.274. The number of rotatable bonds is 7. The van der Waals surface area contributed by atoms with Crippen LogP contribution in [0.15, 0.2) is 62.3 Å². The second-order valence-corrected chi connectivity index (χ2v) is 9.67. The zero-order chi connectivity index (χ0) is 22.8. The summed E-state index contributed by atoms with van der Waals surface area (Å²) in [6.07, 6.45) is 2.05. The van der Waals surface area contributed by atoms with Gasteiger partial charge in [0.05, 0.1) is 4.91 Å². The Balaban J connectivity index is 1.54. The minimum atomic E-state index is -0.905. The van der Waals surface area contributed by atoms with E-state index in [2.05, 4.69) is 15.9 Å². The van der Waals surface area contributed by atoms with Crippen molar-refractivity contribution in [2.24, 2.45) is 0 Å². The third kappa shape index (κ3) is 4.85. The van der Waals surface area contributed by atoms with Crippen LogP contribution in [0.3, 0.4) is 0 Å². The molecule has 3 aromatic rings. The monoisotopic (exact) mass is 529 g/mol. The fraction of sp³-hybridized carbons (Fsp3) is 0.130. The molecule has 0 bridgehead atoms. The lowest BCUT2D eigenvalue weighted by atomic mass is 10.1. The van der Waals surface area contributed by atoms with Gasteiger partial charge in [-0.3, -0.25) is 19.3 Å². The number of thioether (sulfide) groups is 1. The molecule has 1 aromatic heterocycles. The number of carbonyl (C=O) groups excluding carboxylic acids is 2. The first kappa shape index (κ1) is 22.4. The maximum Gasteiger partial charge on any atom is 0.303 e. The molecule has 1 amide bonds. The molecule has 0 aliphatic carbocycles. The van der Waals surface area contributed by atoms with Gasteiger partial charge in [-0.05, 0) is 60.5 Å². The molecule has 4 rings (SSSR count). The second-order valence-electron chi connectivity index (χ2n) is 7.07. The van der Waals surface area contributed by atoms with Crippen molar-refractivity contribution in [1.29, 1.82) is 0 Å². The van der Waals surface area contributed by atoms with Crippen LogP contribution in [0.25, 0.3) is 17.0 Å². The molecule has 9 heteroatoms. The quantitative estimate of drug-likeness (QED) is 0.246. The molecule has 2 aromatic carbocycles. The van der Waals surface area contributed by atoms with Gasteiger partial charge in [0.25, 0.3) is 5.91 Å². The van der Waals surface area contributed by atoms with Gasteiger partial charge in [-0.2, -0.15) is 0 Å². The van der Waals surface area contributed by atoms with Crippen LogP contribution >= 0.6 is 39.9 Å². The lowest BCUT2D eigenvalue weighted by Crippen LogP contribution is -2.29. The molecule has 6 nitrogen and oxygen atoms in total. The number of amides is 1. The fourth-order valence-corrected chi connectivity index (χ4v) is 4.81. The van der Waals surface area contributed by atoms with Crippen LogP contribution in [0, 0.1) is 0 Å². The summed E-state index contributed by atoms with van der Waals surface area (Å²) < 4.78 is 7.03. The van der Waals surface area contributed by atoms with E-state index < -0.39 is 5.97 Å². The molecule has 0 unspecified atom stereocenters. The predicted octanol–water partition coefficient (Wildman–Crippen LogP) is 5.49. The number of thiocarbonyl (C=S) groups is 1. The molecule has 2 heterocycles. The Hall–Kier alpha value is -2.75. The molecule has 1 aliphatic rings. The Morgan fingerprint density at radius 2 is 1.91 bits per heavy atom. The van der Waals surface area contributed by atoms with Gasteiger partial charge in [-0.15, -0.1) is 0 Å². The highest BCUT2D eigenvalue weighted by Crippen LogP contribution is 2.33. The molecular formula is C23H16BrNO5S2. The number of furan rings is 1. The molecule has 32 heavy (non-hydrogen) atoms. The number of aliphatic carboxylic acids is 1. The second kappa shape index (κ2) is 9.40. The number of carboxylic acid groups (broad SMARTS) is 1. The molecule has 1 N–H and O–H groups in total. The van der Waals surface area contributed by atoms with Crippen LogP contribution in [0.4, 0.5) is 0 Å². The van der Waals surface area contributed by atoms with E-state index in [1.165, 1.54) is 16.7 Å². The van der Waals surface area contributed by atoms with Crippen molar-refractivity contribution in [3.63, 3.8) is 0 Å². The Morgan fingerprint density at radius 1 is 1.16 bits per heavy atom. The number of halogens is 1. The third-order valence-electron chi connectivity index (χ3n) is 4.81. The van der Waals surface area contributed by atoms with Gasteiger partial charge in [0.2, 0.25) is 5.78 Å². The molecule has 1 fully saturated rings. The van der Waals surface area contributed by atoms with Crippen LogP contribution < -0.4 is 0 Å². The van der Waals surface area contributed by atoms with Crippen molar-refractivity contribution >= 4 is 78.9 Å². The molecule has 0 radical (unpaired) electrons. The first-order chi connectivity index (χ1) is 15.3. The molecule has 0 saturated carbocycles. The van der Waals surface area contributed by atoms with E-state index >= 15 is 0 Å². The topological polar surface area (TPSA) is 87.8 Å². The van der Waals surface area contributed by atoms with E-state index in [4.69, 9.17) is 21.7 Å². The number of benzene rings is 2. The average Bonchev–Trinajstić information content (AvgIpc) is 3.29. The number of nitrogens with zero attached hydrogens (tertiary/aromatic N) is 1. The van der Waals surface area contributed by atoms with E-state index in [1.807, 2.05) is 6.07 Å². The number of carbonyl (C=O) groups is 3. The van der Waals surface area contributed by atoms with Crippen LogP contribution in [0.2, 0.25) is 0 Å². The van der Waals surface area contributed by atoms with Gasteiger partial charge < -0.3 is 9.52 Å². The van der Waals surface area contributed by atoms with E-state index in [0.717, 1.165) is 15.4 Å². The van der Waals surface area contributed by atoms with Crippen molar-refractivity contribution in [1.82, 2.24) is 4.90 Å². The van der Waals surface area contributed by atoms with Crippen LogP contribution in [0.5, 0.6) is 0 Å². The third-order valence-corrected chi connectivity index (χ3v) is 6.72. The van der Waals surface area contributed by atoms with E-state index in [-0.39, 0.29) is 30.4 Å². The summed E-state index contributed by atoms with van der Waals surface area (Å²) in [4.78, 5) is 38.0. The molecule has 0 atom stereocenters. The predicted molar refractivity (Wildman–Crippen MR) is 131 cm³/mol. The minimum absolute atomic E-state index is 0.0193.